The highest BCUT2D eigenvalue weighted by Gasteiger charge is 2.02. The van der Waals surface area contributed by atoms with Crippen LogP contribution in [-0.2, 0) is 6.42 Å². The minimum Gasteiger partial charge on any atom is -0.363 e. The van der Waals surface area contributed by atoms with Crippen LogP contribution in [0.25, 0.3) is 0 Å². The van der Waals surface area contributed by atoms with Crippen LogP contribution >= 0.6 is 12.6 Å². The van der Waals surface area contributed by atoms with Crippen molar-refractivity contribution in [3.8, 4) is 0 Å². The Hall–Kier alpha value is -0.700. The van der Waals surface area contributed by atoms with Crippen molar-refractivity contribution in [2.24, 2.45) is 0 Å². The summed E-state index contributed by atoms with van der Waals surface area (Å²) in [6, 6.07) is 4.06. The van der Waals surface area contributed by atoms with Gasteiger partial charge in [0.25, 0.3) is 0 Å². The number of pyridine rings is 1. The number of nitrogens with zero attached hydrogens (tertiary/aromatic N) is 2. The lowest BCUT2D eigenvalue weighted by Gasteiger charge is -2.14. The van der Waals surface area contributed by atoms with Gasteiger partial charge in [-0.1, -0.05) is 6.07 Å². The topological polar surface area (TPSA) is 16.1 Å². The van der Waals surface area contributed by atoms with E-state index in [1.807, 2.05) is 31.3 Å². The second-order valence-electron chi connectivity index (χ2n) is 2.85. The van der Waals surface area contributed by atoms with Gasteiger partial charge in [0.05, 0.1) is 0 Å². The summed E-state index contributed by atoms with van der Waals surface area (Å²) >= 11 is 4.20. The first-order chi connectivity index (χ1) is 5.75. The van der Waals surface area contributed by atoms with Gasteiger partial charge < -0.3 is 4.90 Å². The van der Waals surface area contributed by atoms with Crippen LogP contribution in [0.3, 0.4) is 0 Å². The van der Waals surface area contributed by atoms with Crippen molar-refractivity contribution in [3.63, 3.8) is 0 Å². The van der Waals surface area contributed by atoms with E-state index in [9.17, 15) is 0 Å². The molecule has 0 saturated heterocycles. The standard InChI is InChI=1S/C9H14N2S/c1-11(2)9-8(5-7-12)4-3-6-10-9/h3-4,6,12H,5,7H2,1-2H3. The summed E-state index contributed by atoms with van der Waals surface area (Å²) in [6.45, 7) is 0. The van der Waals surface area contributed by atoms with Gasteiger partial charge in [-0.3, -0.25) is 0 Å². The van der Waals surface area contributed by atoms with Gasteiger partial charge >= 0.3 is 0 Å². The van der Waals surface area contributed by atoms with Crippen LogP contribution in [0.1, 0.15) is 5.56 Å². The lowest BCUT2D eigenvalue weighted by molar-refractivity contribution is 1.01. The first kappa shape index (κ1) is 9.39. The number of rotatable bonds is 3. The van der Waals surface area contributed by atoms with Crippen molar-refractivity contribution in [2.75, 3.05) is 24.7 Å². The van der Waals surface area contributed by atoms with Crippen LogP contribution in [-0.4, -0.2) is 24.8 Å². The fourth-order valence-electron chi connectivity index (χ4n) is 1.15. The molecule has 0 saturated carbocycles. The Balaban J connectivity index is 2.92. The molecule has 0 amide bonds. The molecule has 12 heavy (non-hydrogen) atoms. The second kappa shape index (κ2) is 4.36. The van der Waals surface area contributed by atoms with E-state index in [4.69, 9.17) is 0 Å². The number of aryl methyl sites for hydroxylation is 1. The zero-order chi connectivity index (χ0) is 8.97. The first-order valence-electron chi connectivity index (χ1n) is 3.97. The zero-order valence-electron chi connectivity index (χ0n) is 7.49. The summed E-state index contributed by atoms with van der Waals surface area (Å²) in [5, 5.41) is 0. The molecule has 0 fully saturated rings. The van der Waals surface area contributed by atoms with Crippen molar-refractivity contribution in [2.45, 2.75) is 6.42 Å². The van der Waals surface area contributed by atoms with Gasteiger partial charge in [-0.15, -0.1) is 0 Å². The molecule has 0 unspecified atom stereocenters. The van der Waals surface area contributed by atoms with Crippen LogP contribution in [0.5, 0.6) is 0 Å². The summed E-state index contributed by atoms with van der Waals surface area (Å²) in [6.07, 6.45) is 2.79. The summed E-state index contributed by atoms with van der Waals surface area (Å²) in [5.41, 5.74) is 1.26. The predicted molar refractivity (Wildman–Crippen MR) is 56.1 cm³/mol. The molecule has 1 aromatic rings. The molecule has 0 radical (unpaired) electrons. The van der Waals surface area contributed by atoms with Gasteiger partial charge in [-0.25, -0.2) is 4.98 Å². The van der Waals surface area contributed by atoms with Crippen molar-refractivity contribution in [1.29, 1.82) is 0 Å². The highest BCUT2D eigenvalue weighted by molar-refractivity contribution is 7.80. The number of hydrogen-bond donors (Lipinski definition) is 1. The molecule has 0 aromatic carbocycles. The Morgan fingerprint density at radius 1 is 1.50 bits per heavy atom. The molecule has 3 heteroatoms. The fourth-order valence-corrected chi connectivity index (χ4v) is 1.39. The van der Waals surface area contributed by atoms with Crippen molar-refractivity contribution >= 4 is 18.4 Å². The SMILES string of the molecule is CN(C)c1ncccc1CCS. The van der Waals surface area contributed by atoms with E-state index in [0.717, 1.165) is 18.0 Å². The largest absolute Gasteiger partial charge is 0.363 e. The van der Waals surface area contributed by atoms with Crippen molar-refractivity contribution in [3.05, 3.63) is 23.9 Å². The average molecular weight is 182 g/mol. The maximum Gasteiger partial charge on any atom is 0.131 e. The molecule has 1 heterocycles. The minimum atomic E-state index is 0.868. The summed E-state index contributed by atoms with van der Waals surface area (Å²) < 4.78 is 0. The van der Waals surface area contributed by atoms with Crippen LogP contribution in [0.15, 0.2) is 18.3 Å². The van der Waals surface area contributed by atoms with Gasteiger partial charge in [-0.2, -0.15) is 12.6 Å². The van der Waals surface area contributed by atoms with Gasteiger partial charge in [-0.05, 0) is 23.8 Å². The molecule has 66 valence electrons. The second-order valence-corrected chi connectivity index (χ2v) is 3.30. The van der Waals surface area contributed by atoms with Crippen LogP contribution < -0.4 is 4.90 Å². The predicted octanol–water partition coefficient (Wildman–Crippen LogP) is 1.62. The first-order valence-corrected chi connectivity index (χ1v) is 4.61. The molecule has 0 aliphatic carbocycles. The quantitative estimate of drug-likeness (QED) is 0.715. The smallest absolute Gasteiger partial charge is 0.131 e. The molecule has 0 N–H and O–H groups in total. The Kier molecular flexibility index (Phi) is 3.41. The Morgan fingerprint density at radius 2 is 2.25 bits per heavy atom. The van der Waals surface area contributed by atoms with E-state index in [0.29, 0.717) is 0 Å². The molecule has 2 nitrogen and oxygen atoms in total. The molecule has 0 aliphatic rings. The maximum absolute atomic E-state index is 4.29. The van der Waals surface area contributed by atoms with Gasteiger partial charge in [0.2, 0.25) is 0 Å². The highest BCUT2D eigenvalue weighted by Crippen LogP contribution is 2.14. The van der Waals surface area contributed by atoms with Crippen molar-refractivity contribution < 1.29 is 0 Å². The molecule has 1 rings (SSSR count). The van der Waals surface area contributed by atoms with Gasteiger partial charge in [0.15, 0.2) is 0 Å². The van der Waals surface area contributed by atoms with Crippen LogP contribution in [0.4, 0.5) is 5.82 Å². The summed E-state index contributed by atoms with van der Waals surface area (Å²) in [4.78, 5) is 6.32. The van der Waals surface area contributed by atoms with Gasteiger partial charge in [0.1, 0.15) is 5.82 Å². The lowest BCUT2D eigenvalue weighted by atomic mass is 10.2. The molecule has 0 spiro atoms. The third-order valence-electron chi connectivity index (χ3n) is 1.67. The van der Waals surface area contributed by atoms with E-state index in [1.54, 1.807) is 0 Å². The number of anilines is 1. The molecule has 0 bridgehead atoms. The maximum atomic E-state index is 4.29. The summed E-state index contributed by atoms with van der Waals surface area (Å²) in [5.74, 6) is 1.92. The molecule has 0 atom stereocenters. The average Bonchev–Trinajstić information content (AvgIpc) is 2.05. The van der Waals surface area contributed by atoms with Crippen molar-refractivity contribution in [1.82, 2.24) is 4.98 Å². The number of aromatic nitrogens is 1. The van der Waals surface area contributed by atoms with E-state index in [1.165, 1.54) is 5.56 Å². The Labute approximate surface area is 79.0 Å². The fraction of sp³-hybridized carbons (Fsp3) is 0.444. The molecular weight excluding hydrogens is 168 g/mol. The molecular formula is C9H14N2S. The van der Waals surface area contributed by atoms with E-state index in [2.05, 4.69) is 23.7 Å². The highest BCUT2D eigenvalue weighted by atomic mass is 32.1. The van der Waals surface area contributed by atoms with Gasteiger partial charge in [0, 0.05) is 20.3 Å². The van der Waals surface area contributed by atoms with Crippen LogP contribution in [0.2, 0.25) is 0 Å². The summed E-state index contributed by atoms with van der Waals surface area (Å²) in [7, 11) is 4.01. The zero-order valence-corrected chi connectivity index (χ0v) is 8.38. The normalized spacial score (nSPS) is 9.92. The Morgan fingerprint density at radius 3 is 2.83 bits per heavy atom. The molecule has 1 aromatic heterocycles. The lowest BCUT2D eigenvalue weighted by Crippen LogP contribution is -2.13. The van der Waals surface area contributed by atoms with E-state index >= 15 is 0 Å². The monoisotopic (exact) mass is 182 g/mol. The number of thiol groups is 1. The Bertz CT molecular complexity index is 248. The minimum absolute atomic E-state index is 0.868. The third kappa shape index (κ3) is 2.14. The number of hydrogen-bond acceptors (Lipinski definition) is 3. The van der Waals surface area contributed by atoms with E-state index < -0.39 is 0 Å². The molecule has 0 aliphatic heterocycles. The van der Waals surface area contributed by atoms with E-state index in [-0.39, 0.29) is 0 Å². The third-order valence-corrected chi connectivity index (χ3v) is 1.90. The van der Waals surface area contributed by atoms with Crippen LogP contribution in [0, 0.1) is 0 Å².